The molecule has 1 atom stereocenters. The van der Waals surface area contributed by atoms with Gasteiger partial charge >= 0.3 is 0 Å². The Hall–Kier alpha value is -3.92. The summed E-state index contributed by atoms with van der Waals surface area (Å²) < 4.78 is 47.5. The van der Waals surface area contributed by atoms with Crippen molar-refractivity contribution < 1.29 is 27.1 Å². The normalized spacial score (nSPS) is 11.9. The molecular weight excluding hydrogens is 533 g/mol. The zero-order valence-electron chi connectivity index (χ0n) is 23.0. The first-order valence-corrected chi connectivity index (χ1v) is 14.7. The van der Waals surface area contributed by atoms with Gasteiger partial charge in [-0.15, -0.1) is 0 Å². The molecule has 1 unspecified atom stereocenters. The highest BCUT2D eigenvalue weighted by atomic mass is 32.2. The molecule has 0 bridgehead atoms. The number of rotatable bonds is 14. The molecule has 10 heteroatoms. The maximum absolute atomic E-state index is 14.0. The van der Waals surface area contributed by atoms with Crippen LogP contribution in [-0.4, -0.2) is 51.4 Å². The van der Waals surface area contributed by atoms with Crippen molar-refractivity contribution in [3.63, 3.8) is 0 Å². The van der Waals surface area contributed by atoms with Crippen molar-refractivity contribution in [2.24, 2.45) is 0 Å². The molecule has 3 aromatic carbocycles. The number of hydrogen-bond donors (Lipinski definition) is 1. The summed E-state index contributed by atoms with van der Waals surface area (Å²) in [7, 11) is -2.67. The van der Waals surface area contributed by atoms with E-state index in [9.17, 15) is 22.4 Å². The van der Waals surface area contributed by atoms with Gasteiger partial charge in [0.15, 0.2) is 0 Å². The molecule has 0 spiro atoms. The Bertz CT molecular complexity index is 1370. The minimum atomic E-state index is -4.21. The predicted molar refractivity (Wildman–Crippen MR) is 153 cm³/mol. The van der Waals surface area contributed by atoms with E-state index in [0.717, 1.165) is 29.3 Å². The van der Waals surface area contributed by atoms with E-state index in [1.54, 1.807) is 43.3 Å². The molecule has 0 radical (unpaired) electrons. The maximum atomic E-state index is 14.0. The van der Waals surface area contributed by atoms with Crippen molar-refractivity contribution in [2.75, 3.05) is 24.5 Å². The summed E-state index contributed by atoms with van der Waals surface area (Å²) >= 11 is 0. The van der Waals surface area contributed by atoms with Crippen LogP contribution in [0.3, 0.4) is 0 Å². The highest BCUT2D eigenvalue weighted by Gasteiger charge is 2.33. The van der Waals surface area contributed by atoms with Gasteiger partial charge in [0.25, 0.3) is 10.0 Å². The van der Waals surface area contributed by atoms with Crippen LogP contribution in [0.15, 0.2) is 83.8 Å². The first-order valence-electron chi connectivity index (χ1n) is 13.2. The summed E-state index contributed by atoms with van der Waals surface area (Å²) in [6.07, 6.45) is 2.00. The number of benzene rings is 3. The van der Waals surface area contributed by atoms with E-state index in [1.807, 2.05) is 13.0 Å². The highest BCUT2D eigenvalue weighted by molar-refractivity contribution is 7.92. The van der Waals surface area contributed by atoms with Gasteiger partial charge in [-0.05, 0) is 66.9 Å². The molecule has 0 fully saturated rings. The second kappa shape index (κ2) is 14.5. The van der Waals surface area contributed by atoms with E-state index in [2.05, 4.69) is 5.32 Å². The van der Waals surface area contributed by atoms with Gasteiger partial charge in [-0.3, -0.25) is 13.9 Å². The lowest BCUT2D eigenvalue weighted by atomic mass is 10.1. The number of sulfonamides is 1. The monoisotopic (exact) mass is 569 g/mol. The first kappa shape index (κ1) is 30.6. The smallest absolute Gasteiger partial charge is 0.264 e. The van der Waals surface area contributed by atoms with Crippen LogP contribution in [0, 0.1) is 5.82 Å². The van der Waals surface area contributed by atoms with Gasteiger partial charge in [-0.2, -0.15) is 0 Å². The molecule has 0 aliphatic rings. The average Bonchev–Trinajstić information content (AvgIpc) is 2.97. The number of halogens is 1. The molecule has 0 saturated carbocycles. The van der Waals surface area contributed by atoms with Crippen molar-refractivity contribution in [1.82, 2.24) is 10.2 Å². The Labute approximate surface area is 235 Å². The van der Waals surface area contributed by atoms with Gasteiger partial charge in [0.05, 0.1) is 17.7 Å². The number of carbonyl (C=O) groups is 2. The minimum absolute atomic E-state index is 0.0178. The van der Waals surface area contributed by atoms with E-state index in [-0.39, 0.29) is 23.0 Å². The van der Waals surface area contributed by atoms with Crippen LogP contribution < -0.4 is 14.4 Å². The summed E-state index contributed by atoms with van der Waals surface area (Å²) in [4.78, 5) is 28.6. The van der Waals surface area contributed by atoms with Crippen molar-refractivity contribution in [2.45, 2.75) is 50.6 Å². The molecule has 0 saturated heterocycles. The number of carbonyl (C=O) groups excluding carboxylic acids is 2. The number of ether oxygens (including phenoxy) is 1. The number of anilines is 1. The molecule has 0 heterocycles. The Balaban J connectivity index is 2.02. The third-order valence-corrected chi connectivity index (χ3v) is 8.22. The van der Waals surface area contributed by atoms with Gasteiger partial charge in [0, 0.05) is 13.1 Å². The summed E-state index contributed by atoms with van der Waals surface area (Å²) in [6.45, 7) is 3.74. The third kappa shape index (κ3) is 7.81. The predicted octanol–water partition coefficient (Wildman–Crippen LogP) is 4.75. The van der Waals surface area contributed by atoms with Crippen LogP contribution in [-0.2, 0) is 26.2 Å². The lowest BCUT2D eigenvalue weighted by Crippen LogP contribution is -2.52. The number of nitrogens with one attached hydrogen (secondary N) is 1. The SMILES string of the molecule is CCCCNC(=O)C(CC)N(Cc1cccc(OC)c1)C(=O)CN(c1ccc(F)cc1)S(=O)(=O)c1ccccc1. The van der Waals surface area contributed by atoms with Crippen LogP contribution in [0.25, 0.3) is 0 Å². The molecule has 0 aliphatic heterocycles. The molecule has 1 N–H and O–H groups in total. The quantitative estimate of drug-likeness (QED) is 0.283. The molecule has 3 aromatic rings. The molecular formula is C30H36FN3O5S. The van der Waals surface area contributed by atoms with Gasteiger partial charge in [0.2, 0.25) is 11.8 Å². The second-order valence-electron chi connectivity index (χ2n) is 9.24. The van der Waals surface area contributed by atoms with Crippen molar-refractivity contribution in [3.8, 4) is 5.75 Å². The van der Waals surface area contributed by atoms with E-state index >= 15 is 0 Å². The van der Waals surface area contributed by atoms with Crippen molar-refractivity contribution >= 4 is 27.5 Å². The minimum Gasteiger partial charge on any atom is -0.497 e. The fraction of sp³-hybridized carbons (Fsp3) is 0.333. The largest absolute Gasteiger partial charge is 0.497 e. The Morgan fingerprint density at radius 1 is 0.975 bits per heavy atom. The van der Waals surface area contributed by atoms with Crippen molar-refractivity contribution in [3.05, 3.63) is 90.2 Å². The first-order chi connectivity index (χ1) is 19.2. The highest BCUT2D eigenvalue weighted by Crippen LogP contribution is 2.25. The summed E-state index contributed by atoms with van der Waals surface area (Å²) in [6, 6.07) is 18.9. The standard InChI is InChI=1S/C30H36FN3O5S/c1-4-6-19-32-30(36)28(5-2)33(21-23-11-10-12-26(20-23)39-3)29(35)22-34(25-17-15-24(31)16-18-25)40(37,38)27-13-8-7-9-14-27/h7-18,20,28H,4-6,19,21-22H2,1-3H3,(H,32,36). The average molecular weight is 570 g/mol. The lowest BCUT2D eigenvalue weighted by Gasteiger charge is -2.33. The molecule has 0 aliphatic carbocycles. The molecule has 40 heavy (non-hydrogen) atoms. The van der Waals surface area contributed by atoms with Crippen LogP contribution in [0.2, 0.25) is 0 Å². The molecule has 3 rings (SSSR count). The third-order valence-electron chi connectivity index (χ3n) is 6.43. The summed E-state index contributed by atoms with van der Waals surface area (Å²) in [5.74, 6) is -0.845. The Morgan fingerprint density at radius 3 is 2.30 bits per heavy atom. The van der Waals surface area contributed by atoms with Crippen molar-refractivity contribution in [1.29, 1.82) is 0 Å². The van der Waals surface area contributed by atoms with E-state index in [1.165, 1.54) is 36.3 Å². The Kier molecular flexibility index (Phi) is 11.1. The van der Waals surface area contributed by atoms with E-state index in [0.29, 0.717) is 24.3 Å². The molecule has 0 aromatic heterocycles. The van der Waals surface area contributed by atoms with E-state index in [4.69, 9.17) is 4.74 Å². The van der Waals surface area contributed by atoms with E-state index < -0.39 is 34.3 Å². The lowest BCUT2D eigenvalue weighted by molar-refractivity contribution is -0.140. The van der Waals surface area contributed by atoms with Crippen LogP contribution >= 0.6 is 0 Å². The molecule has 8 nitrogen and oxygen atoms in total. The van der Waals surface area contributed by atoms with Crippen LogP contribution in [0.5, 0.6) is 5.75 Å². The van der Waals surface area contributed by atoms with Gasteiger partial charge in [-0.1, -0.05) is 50.6 Å². The zero-order chi connectivity index (χ0) is 29.1. The van der Waals surface area contributed by atoms with Crippen LogP contribution in [0.4, 0.5) is 10.1 Å². The fourth-order valence-electron chi connectivity index (χ4n) is 4.25. The Morgan fingerprint density at radius 2 is 1.68 bits per heavy atom. The second-order valence-corrected chi connectivity index (χ2v) is 11.1. The number of unbranched alkanes of at least 4 members (excludes halogenated alkanes) is 1. The molecule has 214 valence electrons. The number of nitrogens with zero attached hydrogens (tertiary/aromatic N) is 2. The number of hydrogen-bond acceptors (Lipinski definition) is 5. The number of amides is 2. The number of methoxy groups -OCH3 is 1. The zero-order valence-corrected chi connectivity index (χ0v) is 23.9. The molecule has 2 amide bonds. The van der Waals surface area contributed by atoms with Gasteiger partial charge in [-0.25, -0.2) is 12.8 Å². The summed E-state index contributed by atoms with van der Waals surface area (Å²) in [5.41, 5.74) is 0.840. The van der Waals surface area contributed by atoms with Gasteiger partial charge in [0.1, 0.15) is 24.2 Å². The fourth-order valence-corrected chi connectivity index (χ4v) is 5.68. The maximum Gasteiger partial charge on any atom is 0.264 e. The topological polar surface area (TPSA) is 96.0 Å². The summed E-state index contributed by atoms with van der Waals surface area (Å²) in [5, 5.41) is 2.89. The van der Waals surface area contributed by atoms with Crippen LogP contribution in [0.1, 0.15) is 38.7 Å². The van der Waals surface area contributed by atoms with Gasteiger partial charge < -0.3 is 15.0 Å².